The van der Waals surface area contributed by atoms with Crippen LogP contribution in [0.3, 0.4) is 0 Å². The summed E-state index contributed by atoms with van der Waals surface area (Å²) < 4.78 is 29.6. The molecule has 1 heterocycles. The molecule has 0 saturated carbocycles. The molecule has 0 aromatic heterocycles. The molecular weight excluding hydrogens is 325 g/mol. The third kappa shape index (κ3) is 6.26. The quantitative estimate of drug-likeness (QED) is 0.460. The summed E-state index contributed by atoms with van der Waals surface area (Å²) in [6, 6.07) is 6.48. The van der Waals surface area contributed by atoms with Crippen LogP contribution in [-0.2, 0) is 14.2 Å². The van der Waals surface area contributed by atoms with Gasteiger partial charge in [0.05, 0.1) is 32.5 Å². The summed E-state index contributed by atoms with van der Waals surface area (Å²) in [4.78, 5) is 6.52. The van der Waals surface area contributed by atoms with Gasteiger partial charge >= 0.3 is 0 Å². The van der Waals surface area contributed by atoms with Crippen LogP contribution in [0.1, 0.15) is 18.6 Å². The Balaban J connectivity index is 1.88. The maximum Gasteiger partial charge on any atom is 0.193 e. The highest BCUT2D eigenvalue weighted by Crippen LogP contribution is 2.25. The molecule has 140 valence electrons. The molecule has 1 fully saturated rings. The second kappa shape index (κ2) is 10.3. The van der Waals surface area contributed by atoms with E-state index in [4.69, 9.17) is 14.2 Å². The average Bonchev–Trinajstić information content (AvgIpc) is 2.61. The number of halogens is 1. The van der Waals surface area contributed by atoms with Gasteiger partial charge in [0.15, 0.2) is 5.96 Å². The highest BCUT2D eigenvalue weighted by molar-refractivity contribution is 5.80. The van der Waals surface area contributed by atoms with Crippen LogP contribution >= 0.6 is 0 Å². The Labute approximate surface area is 149 Å². The second-order valence-corrected chi connectivity index (χ2v) is 5.97. The van der Waals surface area contributed by atoms with Crippen LogP contribution in [0.15, 0.2) is 29.3 Å². The molecule has 1 saturated heterocycles. The fourth-order valence-electron chi connectivity index (χ4n) is 2.80. The number of guanidine groups is 1. The number of nitrogens with one attached hydrogen (secondary N) is 1. The van der Waals surface area contributed by atoms with Gasteiger partial charge in [0.25, 0.3) is 0 Å². The minimum Gasteiger partial charge on any atom is -0.382 e. The topological polar surface area (TPSA) is 55.3 Å². The van der Waals surface area contributed by atoms with E-state index in [0.717, 1.165) is 18.1 Å². The molecule has 0 radical (unpaired) electrons. The van der Waals surface area contributed by atoms with Crippen molar-refractivity contribution in [1.29, 1.82) is 0 Å². The summed E-state index contributed by atoms with van der Waals surface area (Å²) >= 11 is 0. The number of methoxy groups -OCH3 is 1. The highest BCUT2D eigenvalue weighted by Gasteiger charge is 2.28. The number of rotatable bonds is 7. The van der Waals surface area contributed by atoms with Crippen molar-refractivity contribution in [2.45, 2.75) is 19.1 Å². The molecule has 2 atom stereocenters. The Morgan fingerprint density at radius 2 is 2.04 bits per heavy atom. The van der Waals surface area contributed by atoms with Crippen LogP contribution in [0, 0.1) is 5.82 Å². The molecule has 25 heavy (non-hydrogen) atoms. The molecule has 1 aliphatic rings. The predicted octanol–water partition coefficient (Wildman–Crippen LogP) is 1.83. The maximum atomic E-state index is 13.1. The van der Waals surface area contributed by atoms with Gasteiger partial charge in [-0.05, 0) is 24.6 Å². The van der Waals surface area contributed by atoms with Crippen molar-refractivity contribution in [1.82, 2.24) is 10.2 Å². The fourth-order valence-corrected chi connectivity index (χ4v) is 2.80. The SMILES string of the molecule is CN=C(NCCOCCOC)N1CC(C)OC(c2ccc(F)cc2)C1. The highest BCUT2D eigenvalue weighted by atomic mass is 19.1. The molecule has 0 aliphatic carbocycles. The monoisotopic (exact) mass is 353 g/mol. The van der Waals surface area contributed by atoms with Crippen molar-refractivity contribution in [2.75, 3.05) is 53.6 Å². The minimum absolute atomic E-state index is 0.0558. The van der Waals surface area contributed by atoms with E-state index in [1.807, 2.05) is 6.92 Å². The summed E-state index contributed by atoms with van der Waals surface area (Å²) in [6.45, 7) is 5.88. The molecule has 1 aromatic rings. The molecule has 7 heteroatoms. The summed E-state index contributed by atoms with van der Waals surface area (Å²) in [5.74, 6) is 0.577. The standard InChI is InChI=1S/C18H28FN3O3/c1-14-12-22(18(20-2)21-8-9-24-11-10-23-3)13-17(25-14)15-4-6-16(19)7-5-15/h4-7,14,17H,8-13H2,1-3H3,(H,20,21). The number of nitrogens with zero attached hydrogens (tertiary/aromatic N) is 2. The van der Waals surface area contributed by atoms with Gasteiger partial charge < -0.3 is 24.4 Å². The van der Waals surface area contributed by atoms with E-state index in [1.165, 1.54) is 12.1 Å². The second-order valence-electron chi connectivity index (χ2n) is 5.97. The smallest absolute Gasteiger partial charge is 0.193 e. The maximum absolute atomic E-state index is 13.1. The van der Waals surface area contributed by atoms with Gasteiger partial charge in [-0.15, -0.1) is 0 Å². The largest absolute Gasteiger partial charge is 0.382 e. The average molecular weight is 353 g/mol. The lowest BCUT2D eigenvalue weighted by atomic mass is 10.1. The van der Waals surface area contributed by atoms with E-state index < -0.39 is 0 Å². The molecule has 1 N–H and O–H groups in total. The van der Waals surface area contributed by atoms with E-state index in [0.29, 0.717) is 32.9 Å². The Kier molecular flexibility index (Phi) is 8.11. The molecule has 1 aromatic carbocycles. The molecule has 2 unspecified atom stereocenters. The molecular formula is C18H28FN3O3. The van der Waals surface area contributed by atoms with E-state index in [1.54, 1.807) is 26.3 Å². The molecule has 6 nitrogen and oxygen atoms in total. The molecule has 0 bridgehead atoms. The predicted molar refractivity (Wildman–Crippen MR) is 95.3 cm³/mol. The zero-order chi connectivity index (χ0) is 18.1. The number of hydrogen-bond acceptors (Lipinski definition) is 4. The van der Waals surface area contributed by atoms with Gasteiger partial charge in [-0.2, -0.15) is 0 Å². The van der Waals surface area contributed by atoms with Crippen LogP contribution in [0.2, 0.25) is 0 Å². The van der Waals surface area contributed by atoms with Gasteiger partial charge in [0.2, 0.25) is 0 Å². The van der Waals surface area contributed by atoms with Crippen molar-refractivity contribution >= 4 is 5.96 Å². The van der Waals surface area contributed by atoms with Crippen molar-refractivity contribution in [3.8, 4) is 0 Å². The minimum atomic E-state index is -0.240. The summed E-state index contributed by atoms with van der Waals surface area (Å²) in [7, 11) is 3.42. The first-order valence-corrected chi connectivity index (χ1v) is 8.57. The Morgan fingerprint density at radius 1 is 1.28 bits per heavy atom. The third-order valence-corrected chi connectivity index (χ3v) is 3.97. The molecule has 1 aliphatic heterocycles. The molecule has 0 spiro atoms. The van der Waals surface area contributed by atoms with Gasteiger partial charge in [-0.3, -0.25) is 4.99 Å². The van der Waals surface area contributed by atoms with Gasteiger partial charge in [-0.1, -0.05) is 12.1 Å². The van der Waals surface area contributed by atoms with Crippen LogP contribution in [0.5, 0.6) is 0 Å². The molecule has 2 rings (SSSR count). The zero-order valence-electron chi connectivity index (χ0n) is 15.2. The molecule has 0 amide bonds. The van der Waals surface area contributed by atoms with Gasteiger partial charge in [-0.25, -0.2) is 4.39 Å². The summed E-state index contributed by atoms with van der Waals surface area (Å²) in [5, 5.41) is 3.31. The number of aliphatic imine (C=N–C) groups is 1. The van der Waals surface area contributed by atoms with Gasteiger partial charge in [0.1, 0.15) is 11.9 Å². The van der Waals surface area contributed by atoms with E-state index in [2.05, 4.69) is 15.2 Å². The summed E-state index contributed by atoms with van der Waals surface area (Å²) in [6.07, 6.45) is -0.0545. The number of hydrogen-bond donors (Lipinski definition) is 1. The first kappa shape index (κ1) is 19.6. The van der Waals surface area contributed by atoms with Crippen molar-refractivity contribution in [2.24, 2.45) is 4.99 Å². The lowest BCUT2D eigenvalue weighted by Crippen LogP contribution is -2.51. The van der Waals surface area contributed by atoms with Crippen molar-refractivity contribution in [3.63, 3.8) is 0 Å². The van der Waals surface area contributed by atoms with Crippen LogP contribution in [0.4, 0.5) is 4.39 Å². The van der Waals surface area contributed by atoms with Gasteiger partial charge in [0, 0.05) is 27.2 Å². The normalized spacial score (nSPS) is 21.4. The van der Waals surface area contributed by atoms with Crippen LogP contribution < -0.4 is 5.32 Å². The van der Waals surface area contributed by atoms with Crippen molar-refractivity contribution in [3.05, 3.63) is 35.6 Å². The first-order valence-electron chi connectivity index (χ1n) is 8.57. The van der Waals surface area contributed by atoms with Crippen LogP contribution in [0.25, 0.3) is 0 Å². The number of ether oxygens (including phenoxy) is 3. The van der Waals surface area contributed by atoms with E-state index in [-0.39, 0.29) is 18.0 Å². The third-order valence-electron chi connectivity index (χ3n) is 3.97. The summed E-state index contributed by atoms with van der Waals surface area (Å²) in [5.41, 5.74) is 0.969. The number of benzene rings is 1. The van der Waals surface area contributed by atoms with E-state index >= 15 is 0 Å². The Hall–Kier alpha value is -1.70. The van der Waals surface area contributed by atoms with E-state index in [9.17, 15) is 4.39 Å². The lowest BCUT2D eigenvalue weighted by molar-refractivity contribution is -0.0605. The fraction of sp³-hybridized carbons (Fsp3) is 0.611. The van der Waals surface area contributed by atoms with Crippen LogP contribution in [-0.4, -0.2) is 70.6 Å². The van der Waals surface area contributed by atoms with Crippen molar-refractivity contribution < 1.29 is 18.6 Å². The first-order chi connectivity index (χ1) is 12.1. The Bertz CT molecular complexity index is 539. The Morgan fingerprint density at radius 3 is 2.72 bits per heavy atom. The number of morpholine rings is 1. The lowest BCUT2D eigenvalue weighted by Gasteiger charge is -2.38. The zero-order valence-corrected chi connectivity index (χ0v) is 15.2.